The van der Waals surface area contributed by atoms with Crippen LogP contribution in [0.25, 0.3) is 10.9 Å². The van der Waals surface area contributed by atoms with E-state index in [1.54, 1.807) is 30.3 Å². The molecule has 2 N–H and O–H groups in total. The maximum Gasteiger partial charge on any atom is 0.198 e. The average molecular weight is 289 g/mol. The third-order valence-electron chi connectivity index (χ3n) is 2.93. The Labute approximate surface area is 119 Å². The SMILES string of the molecule is Oc1[nH]c2ccc(F)cc2c1C=Nc1cccc(Cl)c1. The molecule has 0 aliphatic rings. The van der Waals surface area contributed by atoms with Gasteiger partial charge in [0.2, 0.25) is 0 Å². The molecule has 0 bridgehead atoms. The van der Waals surface area contributed by atoms with Crippen LogP contribution in [-0.2, 0) is 0 Å². The van der Waals surface area contributed by atoms with E-state index in [1.165, 1.54) is 18.3 Å². The number of nitrogens with zero attached hydrogens (tertiary/aromatic N) is 1. The van der Waals surface area contributed by atoms with Gasteiger partial charge in [0.1, 0.15) is 5.82 Å². The number of aromatic nitrogens is 1. The molecule has 0 spiro atoms. The van der Waals surface area contributed by atoms with E-state index in [-0.39, 0.29) is 11.7 Å². The summed E-state index contributed by atoms with van der Waals surface area (Å²) in [5.74, 6) is -0.412. The summed E-state index contributed by atoms with van der Waals surface area (Å²) in [7, 11) is 0. The van der Waals surface area contributed by atoms with Crippen molar-refractivity contribution in [3.63, 3.8) is 0 Å². The minimum Gasteiger partial charge on any atom is -0.494 e. The molecule has 1 aromatic heterocycles. The van der Waals surface area contributed by atoms with Crippen LogP contribution in [0.15, 0.2) is 47.5 Å². The van der Waals surface area contributed by atoms with Gasteiger partial charge in [-0.05, 0) is 36.4 Å². The van der Waals surface area contributed by atoms with E-state index in [4.69, 9.17) is 11.6 Å². The van der Waals surface area contributed by atoms with E-state index in [1.807, 2.05) is 0 Å². The van der Waals surface area contributed by atoms with Gasteiger partial charge in [0.05, 0.1) is 11.3 Å². The predicted molar refractivity (Wildman–Crippen MR) is 78.6 cm³/mol. The fraction of sp³-hybridized carbons (Fsp3) is 0. The van der Waals surface area contributed by atoms with E-state index < -0.39 is 0 Å². The van der Waals surface area contributed by atoms with Gasteiger partial charge in [0.15, 0.2) is 5.88 Å². The number of rotatable bonds is 2. The fourth-order valence-electron chi connectivity index (χ4n) is 2.00. The lowest BCUT2D eigenvalue weighted by Gasteiger charge is -1.95. The molecule has 20 heavy (non-hydrogen) atoms. The summed E-state index contributed by atoms with van der Waals surface area (Å²) in [5, 5.41) is 11.0. The van der Waals surface area contributed by atoms with Gasteiger partial charge >= 0.3 is 0 Å². The Kier molecular flexibility index (Phi) is 3.16. The molecule has 0 fully saturated rings. The summed E-state index contributed by atoms with van der Waals surface area (Å²) >= 11 is 5.87. The van der Waals surface area contributed by atoms with E-state index in [0.717, 1.165) is 0 Å². The van der Waals surface area contributed by atoms with Crippen LogP contribution >= 0.6 is 11.6 Å². The van der Waals surface area contributed by atoms with Crippen LogP contribution < -0.4 is 0 Å². The third-order valence-corrected chi connectivity index (χ3v) is 3.17. The first-order chi connectivity index (χ1) is 9.63. The number of aromatic hydroxyl groups is 1. The lowest BCUT2D eigenvalue weighted by Crippen LogP contribution is -1.80. The number of halogens is 2. The lowest BCUT2D eigenvalue weighted by atomic mass is 10.2. The number of aliphatic imine (C=N–C) groups is 1. The van der Waals surface area contributed by atoms with E-state index >= 15 is 0 Å². The van der Waals surface area contributed by atoms with Crippen molar-refractivity contribution in [1.82, 2.24) is 4.98 Å². The second kappa shape index (κ2) is 4.98. The Morgan fingerprint density at radius 1 is 1.20 bits per heavy atom. The summed E-state index contributed by atoms with van der Waals surface area (Å²) in [5.41, 5.74) is 1.75. The molecule has 1 heterocycles. The number of H-pyrrole nitrogens is 1. The van der Waals surface area contributed by atoms with Gasteiger partial charge in [-0.2, -0.15) is 0 Å². The maximum atomic E-state index is 13.3. The molecule has 100 valence electrons. The van der Waals surface area contributed by atoms with Gasteiger partial charge in [-0.1, -0.05) is 17.7 Å². The van der Waals surface area contributed by atoms with Crippen LogP contribution in [0.1, 0.15) is 5.56 Å². The minimum absolute atomic E-state index is 0.0450. The second-order valence-corrected chi connectivity index (χ2v) is 4.75. The highest BCUT2D eigenvalue weighted by Crippen LogP contribution is 2.27. The molecule has 0 aliphatic heterocycles. The molecular formula is C15H10ClFN2O. The predicted octanol–water partition coefficient (Wildman–Crippen LogP) is 4.42. The fourth-order valence-corrected chi connectivity index (χ4v) is 2.18. The molecule has 0 saturated heterocycles. The molecule has 0 radical (unpaired) electrons. The Morgan fingerprint density at radius 3 is 2.85 bits per heavy atom. The summed E-state index contributed by atoms with van der Waals surface area (Å²) in [4.78, 5) is 7.01. The summed E-state index contributed by atoms with van der Waals surface area (Å²) in [6.07, 6.45) is 1.49. The van der Waals surface area contributed by atoms with Crippen LogP contribution in [0.3, 0.4) is 0 Å². The summed E-state index contributed by atoms with van der Waals surface area (Å²) < 4.78 is 13.3. The van der Waals surface area contributed by atoms with Crippen LogP contribution in [0.4, 0.5) is 10.1 Å². The first-order valence-electron chi connectivity index (χ1n) is 5.93. The normalized spacial score (nSPS) is 11.5. The molecule has 3 nitrogen and oxygen atoms in total. The highest BCUT2D eigenvalue weighted by Gasteiger charge is 2.09. The van der Waals surface area contributed by atoms with Crippen LogP contribution in [0.2, 0.25) is 5.02 Å². The summed E-state index contributed by atoms with van der Waals surface area (Å²) in [6, 6.07) is 11.3. The van der Waals surface area contributed by atoms with Crippen LogP contribution in [0.5, 0.6) is 5.88 Å². The van der Waals surface area contributed by atoms with Crippen molar-refractivity contribution in [1.29, 1.82) is 0 Å². The topological polar surface area (TPSA) is 48.4 Å². The zero-order valence-electron chi connectivity index (χ0n) is 10.3. The molecule has 5 heteroatoms. The van der Waals surface area contributed by atoms with E-state index in [9.17, 15) is 9.50 Å². The van der Waals surface area contributed by atoms with Gasteiger partial charge in [0, 0.05) is 22.1 Å². The van der Waals surface area contributed by atoms with Crippen LogP contribution in [-0.4, -0.2) is 16.3 Å². The van der Waals surface area contributed by atoms with Crippen molar-refractivity contribution in [3.05, 3.63) is 58.9 Å². The molecule has 2 aromatic carbocycles. The lowest BCUT2D eigenvalue weighted by molar-refractivity contribution is 0.457. The Morgan fingerprint density at radius 2 is 2.05 bits per heavy atom. The molecular weight excluding hydrogens is 279 g/mol. The van der Waals surface area contributed by atoms with Crippen molar-refractivity contribution in [2.75, 3.05) is 0 Å². The molecule has 3 rings (SSSR count). The molecule has 3 aromatic rings. The molecule has 0 aliphatic carbocycles. The second-order valence-electron chi connectivity index (χ2n) is 4.32. The van der Waals surface area contributed by atoms with Crippen LogP contribution in [0, 0.1) is 5.82 Å². The van der Waals surface area contributed by atoms with Crippen molar-refractivity contribution >= 4 is 34.4 Å². The Balaban J connectivity index is 2.06. The van der Waals surface area contributed by atoms with Crippen molar-refractivity contribution in [2.45, 2.75) is 0 Å². The number of nitrogens with one attached hydrogen (secondary N) is 1. The van der Waals surface area contributed by atoms with Crippen molar-refractivity contribution in [2.24, 2.45) is 4.99 Å². The van der Waals surface area contributed by atoms with E-state index in [0.29, 0.717) is 27.2 Å². The smallest absolute Gasteiger partial charge is 0.198 e. The number of hydrogen-bond donors (Lipinski definition) is 2. The maximum absolute atomic E-state index is 13.3. The number of benzene rings is 2. The van der Waals surface area contributed by atoms with Gasteiger partial charge in [-0.3, -0.25) is 4.99 Å². The highest BCUT2D eigenvalue weighted by atomic mass is 35.5. The van der Waals surface area contributed by atoms with Gasteiger partial charge in [-0.25, -0.2) is 4.39 Å². The summed E-state index contributed by atoms with van der Waals surface area (Å²) in [6.45, 7) is 0. The van der Waals surface area contributed by atoms with Crippen molar-refractivity contribution < 1.29 is 9.50 Å². The Bertz CT molecular complexity index is 811. The first kappa shape index (κ1) is 12.7. The molecule has 0 unspecified atom stereocenters. The standard InChI is InChI=1S/C15H10ClFN2O/c16-9-2-1-3-11(6-9)18-8-13-12-7-10(17)4-5-14(12)19-15(13)20/h1-8,19-20H. The first-order valence-corrected chi connectivity index (χ1v) is 6.31. The highest BCUT2D eigenvalue weighted by molar-refractivity contribution is 6.30. The van der Waals surface area contributed by atoms with E-state index in [2.05, 4.69) is 9.98 Å². The number of hydrogen-bond acceptors (Lipinski definition) is 2. The average Bonchev–Trinajstić information content (AvgIpc) is 2.72. The Hall–Kier alpha value is -2.33. The number of fused-ring (bicyclic) bond motifs is 1. The molecule has 0 amide bonds. The molecule has 0 atom stereocenters. The van der Waals surface area contributed by atoms with Gasteiger partial charge in [-0.15, -0.1) is 0 Å². The van der Waals surface area contributed by atoms with Gasteiger partial charge < -0.3 is 10.1 Å². The third kappa shape index (κ3) is 2.38. The molecule has 0 saturated carbocycles. The largest absolute Gasteiger partial charge is 0.494 e. The number of aromatic amines is 1. The quantitative estimate of drug-likeness (QED) is 0.674. The monoisotopic (exact) mass is 288 g/mol. The van der Waals surface area contributed by atoms with Crippen molar-refractivity contribution in [3.8, 4) is 5.88 Å². The minimum atomic E-state index is -0.367. The zero-order chi connectivity index (χ0) is 14.1. The zero-order valence-corrected chi connectivity index (χ0v) is 11.0. The van der Waals surface area contributed by atoms with Gasteiger partial charge in [0.25, 0.3) is 0 Å².